The second kappa shape index (κ2) is 6.25. The Morgan fingerprint density at radius 1 is 1.40 bits per heavy atom. The van der Waals surface area contributed by atoms with E-state index < -0.39 is 0 Å². The minimum absolute atomic E-state index is 0.150. The lowest BCUT2D eigenvalue weighted by Crippen LogP contribution is -2.30. The summed E-state index contributed by atoms with van der Waals surface area (Å²) in [7, 11) is 0. The largest absolute Gasteiger partial charge is 0.398 e. The molecule has 0 aliphatic carbocycles. The highest BCUT2D eigenvalue weighted by molar-refractivity contribution is 5.76. The summed E-state index contributed by atoms with van der Waals surface area (Å²) in [5.41, 5.74) is 7.10. The zero-order chi connectivity index (χ0) is 14.7. The van der Waals surface area contributed by atoms with Crippen LogP contribution < -0.4 is 5.73 Å². The number of carbonyl (C=O) groups is 1. The van der Waals surface area contributed by atoms with Crippen molar-refractivity contribution in [3.05, 3.63) is 29.6 Å². The van der Waals surface area contributed by atoms with Crippen molar-refractivity contribution in [2.45, 2.75) is 39.7 Å². The van der Waals surface area contributed by atoms with Gasteiger partial charge >= 0.3 is 0 Å². The summed E-state index contributed by atoms with van der Waals surface area (Å²) < 4.78 is 13.3. The second-order valence-corrected chi connectivity index (χ2v) is 5.99. The molecule has 0 radical (unpaired) electrons. The molecule has 1 aliphatic rings. The van der Waals surface area contributed by atoms with Gasteiger partial charge in [-0.3, -0.25) is 4.79 Å². The van der Waals surface area contributed by atoms with Gasteiger partial charge in [-0.2, -0.15) is 0 Å². The van der Waals surface area contributed by atoms with E-state index in [1.165, 1.54) is 12.1 Å². The molecule has 1 heterocycles. The van der Waals surface area contributed by atoms with Crippen molar-refractivity contribution in [3.63, 3.8) is 0 Å². The first kappa shape index (κ1) is 14.8. The van der Waals surface area contributed by atoms with E-state index in [9.17, 15) is 9.18 Å². The second-order valence-electron chi connectivity index (χ2n) is 5.99. The predicted octanol–water partition coefficient (Wildman–Crippen LogP) is 3.19. The fourth-order valence-corrected chi connectivity index (χ4v) is 2.81. The maximum atomic E-state index is 13.3. The zero-order valence-corrected chi connectivity index (χ0v) is 12.2. The first-order chi connectivity index (χ1) is 9.47. The number of hydrogen-bond acceptors (Lipinski definition) is 2. The summed E-state index contributed by atoms with van der Waals surface area (Å²) in [6.45, 7) is 5.55. The predicted molar refractivity (Wildman–Crippen MR) is 78.4 cm³/mol. The van der Waals surface area contributed by atoms with Gasteiger partial charge in [0, 0.05) is 25.2 Å². The fourth-order valence-electron chi connectivity index (χ4n) is 2.81. The molecule has 4 heteroatoms. The van der Waals surface area contributed by atoms with Crippen LogP contribution in [0.25, 0.3) is 0 Å². The van der Waals surface area contributed by atoms with Crippen LogP contribution in [0.5, 0.6) is 0 Å². The smallest absolute Gasteiger partial charge is 0.222 e. The van der Waals surface area contributed by atoms with Crippen molar-refractivity contribution in [1.29, 1.82) is 0 Å². The van der Waals surface area contributed by atoms with Gasteiger partial charge in [-0.1, -0.05) is 13.8 Å². The van der Waals surface area contributed by atoms with Gasteiger partial charge in [-0.25, -0.2) is 4.39 Å². The van der Waals surface area contributed by atoms with Crippen molar-refractivity contribution >= 4 is 11.6 Å². The van der Waals surface area contributed by atoms with Crippen LogP contribution in [0.2, 0.25) is 0 Å². The minimum atomic E-state index is -0.309. The van der Waals surface area contributed by atoms with E-state index in [4.69, 9.17) is 5.73 Å². The number of nitrogens with zero attached hydrogens (tertiary/aromatic N) is 1. The average Bonchev–Trinajstić information content (AvgIpc) is 2.57. The van der Waals surface area contributed by atoms with Crippen LogP contribution in [0.1, 0.15) is 38.7 Å². The first-order valence-corrected chi connectivity index (χ1v) is 7.29. The first-order valence-electron chi connectivity index (χ1n) is 7.29. The van der Waals surface area contributed by atoms with E-state index in [0.717, 1.165) is 19.4 Å². The Hall–Kier alpha value is -1.58. The molecular weight excluding hydrogens is 255 g/mol. The zero-order valence-electron chi connectivity index (χ0n) is 12.2. The average molecular weight is 278 g/mol. The summed E-state index contributed by atoms with van der Waals surface area (Å²) in [5, 5.41) is 0. The molecule has 1 fully saturated rings. The molecule has 1 aromatic rings. The number of halogens is 1. The lowest BCUT2D eigenvalue weighted by atomic mass is 9.89. The summed E-state index contributed by atoms with van der Waals surface area (Å²) in [6, 6.07) is 4.33. The topological polar surface area (TPSA) is 46.3 Å². The molecule has 1 aliphatic heterocycles. The molecule has 1 atom stereocenters. The molecule has 1 aromatic carbocycles. The molecule has 0 saturated carbocycles. The fraction of sp³-hybridized carbons (Fsp3) is 0.562. The van der Waals surface area contributed by atoms with E-state index in [-0.39, 0.29) is 11.7 Å². The maximum absolute atomic E-state index is 13.3. The Balaban J connectivity index is 2.08. The van der Waals surface area contributed by atoms with E-state index in [0.29, 0.717) is 36.1 Å². The van der Waals surface area contributed by atoms with Gasteiger partial charge in [0.15, 0.2) is 0 Å². The molecule has 2 rings (SSSR count). The lowest BCUT2D eigenvalue weighted by Gasteiger charge is -2.22. The maximum Gasteiger partial charge on any atom is 0.222 e. The molecule has 20 heavy (non-hydrogen) atoms. The molecular formula is C16H23FN2O. The van der Waals surface area contributed by atoms with Crippen molar-refractivity contribution < 1.29 is 9.18 Å². The van der Waals surface area contributed by atoms with Crippen molar-refractivity contribution in [2.24, 2.45) is 11.8 Å². The Kier molecular flexibility index (Phi) is 4.63. The Morgan fingerprint density at radius 3 is 2.85 bits per heavy atom. The summed E-state index contributed by atoms with van der Waals surface area (Å²) >= 11 is 0. The van der Waals surface area contributed by atoms with Gasteiger partial charge < -0.3 is 10.6 Å². The number of benzene rings is 1. The van der Waals surface area contributed by atoms with Crippen LogP contribution in [0, 0.1) is 17.7 Å². The highest BCUT2D eigenvalue weighted by Gasteiger charge is 2.24. The lowest BCUT2D eigenvalue weighted by molar-refractivity contribution is -0.131. The third-order valence-corrected chi connectivity index (χ3v) is 4.26. The van der Waals surface area contributed by atoms with Crippen LogP contribution in [0.4, 0.5) is 10.1 Å². The SMILES string of the molecule is CC(C)C1CCC(=O)N(Cc2cc(F)ccc2N)CC1. The van der Waals surface area contributed by atoms with E-state index in [2.05, 4.69) is 13.8 Å². The van der Waals surface area contributed by atoms with E-state index >= 15 is 0 Å². The van der Waals surface area contributed by atoms with Crippen LogP contribution >= 0.6 is 0 Å². The molecule has 0 spiro atoms. The third-order valence-electron chi connectivity index (χ3n) is 4.26. The highest BCUT2D eigenvalue weighted by atomic mass is 19.1. The van der Waals surface area contributed by atoms with Crippen LogP contribution in [0.15, 0.2) is 18.2 Å². The molecule has 1 unspecified atom stereocenters. The standard InChI is InChI=1S/C16H23FN2O/c1-11(2)12-3-6-16(20)19(8-7-12)10-13-9-14(17)4-5-15(13)18/h4-5,9,11-12H,3,6-8,10,18H2,1-2H3. The molecule has 1 amide bonds. The number of carbonyl (C=O) groups excluding carboxylic acids is 1. The monoisotopic (exact) mass is 278 g/mol. The Bertz CT molecular complexity index is 487. The minimum Gasteiger partial charge on any atom is -0.398 e. The Labute approximate surface area is 120 Å². The molecule has 110 valence electrons. The molecule has 1 saturated heterocycles. The quantitative estimate of drug-likeness (QED) is 0.863. The number of hydrogen-bond donors (Lipinski definition) is 1. The number of nitrogens with two attached hydrogens (primary N) is 1. The number of rotatable bonds is 3. The molecule has 2 N–H and O–H groups in total. The van der Waals surface area contributed by atoms with Crippen LogP contribution in [-0.2, 0) is 11.3 Å². The van der Waals surface area contributed by atoms with Crippen molar-refractivity contribution in [2.75, 3.05) is 12.3 Å². The van der Waals surface area contributed by atoms with E-state index in [1.54, 1.807) is 6.07 Å². The number of likely N-dealkylation sites (tertiary alicyclic amines) is 1. The van der Waals surface area contributed by atoms with Gasteiger partial charge in [0.2, 0.25) is 5.91 Å². The molecule has 3 nitrogen and oxygen atoms in total. The molecule has 0 bridgehead atoms. The Morgan fingerprint density at radius 2 is 2.15 bits per heavy atom. The number of nitrogen functional groups attached to an aromatic ring is 1. The summed E-state index contributed by atoms with van der Waals surface area (Å²) in [5.74, 6) is 1.03. The van der Waals surface area contributed by atoms with Crippen LogP contribution in [0.3, 0.4) is 0 Å². The van der Waals surface area contributed by atoms with Gasteiger partial charge in [0.25, 0.3) is 0 Å². The highest BCUT2D eigenvalue weighted by Crippen LogP contribution is 2.26. The van der Waals surface area contributed by atoms with E-state index in [1.807, 2.05) is 4.90 Å². The summed E-state index contributed by atoms with van der Waals surface area (Å²) in [4.78, 5) is 14.0. The number of anilines is 1. The van der Waals surface area contributed by atoms with Gasteiger partial charge in [-0.05, 0) is 48.4 Å². The number of amides is 1. The van der Waals surface area contributed by atoms with Gasteiger partial charge in [0.05, 0.1) is 0 Å². The van der Waals surface area contributed by atoms with Gasteiger partial charge in [0.1, 0.15) is 5.82 Å². The van der Waals surface area contributed by atoms with Crippen LogP contribution in [-0.4, -0.2) is 17.4 Å². The third kappa shape index (κ3) is 3.50. The molecule has 0 aromatic heterocycles. The van der Waals surface area contributed by atoms with Crippen molar-refractivity contribution in [1.82, 2.24) is 4.90 Å². The van der Waals surface area contributed by atoms with Gasteiger partial charge in [-0.15, -0.1) is 0 Å². The normalized spacial score (nSPS) is 20.3. The summed E-state index contributed by atoms with van der Waals surface area (Å²) in [6.07, 6.45) is 2.54. The van der Waals surface area contributed by atoms with Crippen molar-refractivity contribution in [3.8, 4) is 0 Å².